The highest BCUT2D eigenvalue weighted by molar-refractivity contribution is 5.76. The molecule has 5 N–H and O–H groups in total. The molecular weight excluding hydrogens is 334 g/mol. The fraction of sp³-hybridized carbons (Fsp3) is 0.500. The monoisotopic (exact) mass is 355 g/mol. The average Bonchev–Trinajstić information content (AvgIpc) is 2.56. The van der Waals surface area contributed by atoms with Gasteiger partial charge in [0.15, 0.2) is 6.10 Å². The first-order chi connectivity index (χ1) is 11.8. The zero-order valence-electron chi connectivity index (χ0n) is 13.6. The molecule has 0 radical (unpaired) electrons. The van der Waals surface area contributed by atoms with E-state index in [2.05, 4.69) is 0 Å². The molecule has 0 bridgehead atoms. The highest BCUT2D eigenvalue weighted by Gasteiger charge is 2.46. The molecule has 1 fully saturated rings. The van der Waals surface area contributed by atoms with E-state index in [1.807, 2.05) is 0 Å². The molecule has 0 saturated carbocycles. The topological polar surface area (TPSA) is 149 Å². The Bertz CT molecular complexity index is 605. The third-order valence-electron chi connectivity index (χ3n) is 3.73. The lowest BCUT2D eigenvalue weighted by molar-refractivity contribution is -0.274. The molecule has 5 atom stereocenters. The van der Waals surface area contributed by atoms with Crippen LogP contribution in [0.5, 0.6) is 5.75 Å². The van der Waals surface area contributed by atoms with Crippen molar-refractivity contribution in [2.24, 2.45) is 0 Å². The van der Waals surface area contributed by atoms with Crippen molar-refractivity contribution in [3.05, 3.63) is 24.3 Å². The molecule has 1 aliphatic heterocycles. The summed E-state index contributed by atoms with van der Waals surface area (Å²) >= 11 is 0. The number of carbonyl (C=O) groups excluding carboxylic acids is 1. The molecule has 1 heterocycles. The summed E-state index contributed by atoms with van der Waals surface area (Å²) in [7, 11) is 0. The van der Waals surface area contributed by atoms with E-state index in [1.54, 1.807) is 24.3 Å². The van der Waals surface area contributed by atoms with Crippen molar-refractivity contribution in [3.63, 3.8) is 0 Å². The Morgan fingerprint density at radius 1 is 1.16 bits per heavy atom. The number of carboxylic acid groups (broad SMARTS) is 1. The maximum Gasteiger partial charge on any atom is 0.306 e. The number of ether oxygens (including phenoxy) is 3. The van der Waals surface area contributed by atoms with Crippen LogP contribution in [0.1, 0.15) is 19.8 Å². The number of anilines is 1. The summed E-state index contributed by atoms with van der Waals surface area (Å²) in [6, 6.07) is 6.34. The van der Waals surface area contributed by atoms with E-state index >= 15 is 0 Å². The molecule has 0 aliphatic carbocycles. The van der Waals surface area contributed by atoms with Crippen LogP contribution in [-0.4, -0.2) is 58.0 Å². The summed E-state index contributed by atoms with van der Waals surface area (Å²) < 4.78 is 16.2. The number of carbonyl (C=O) groups is 2. The second-order valence-corrected chi connectivity index (χ2v) is 5.73. The van der Waals surface area contributed by atoms with Crippen LogP contribution in [0.3, 0.4) is 0 Å². The van der Waals surface area contributed by atoms with Gasteiger partial charge in [-0.15, -0.1) is 0 Å². The second-order valence-electron chi connectivity index (χ2n) is 5.73. The number of carboxylic acids is 1. The summed E-state index contributed by atoms with van der Waals surface area (Å²) in [5.41, 5.74) is 6.12. The molecule has 0 amide bonds. The SMILES string of the molecule is CC1OC(Oc2ccc(N)cc2)C(OC(=O)CCC(=O)O)C(O)C1O. The maximum atomic E-state index is 11.8. The largest absolute Gasteiger partial charge is 0.481 e. The van der Waals surface area contributed by atoms with E-state index in [-0.39, 0.29) is 6.42 Å². The lowest BCUT2D eigenvalue weighted by atomic mass is 9.99. The van der Waals surface area contributed by atoms with Crippen LogP contribution in [0.2, 0.25) is 0 Å². The molecule has 9 heteroatoms. The van der Waals surface area contributed by atoms with Crippen LogP contribution in [0.15, 0.2) is 24.3 Å². The Kier molecular flexibility index (Phi) is 6.18. The minimum absolute atomic E-state index is 0.363. The molecule has 1 aliphatic rings. The van der Waals surface area contributed by atoms with E-state index in [0.29, 0.717) is 11.4 Å². The molecular formula is C16H21NO8. The quantitative estimate of drug-likeness (QED) is 0.405. The maximum absolute atomic E-state index is 11.8. The summed E-state index contributed by atoms with van der Waals surface area (Å²) in [4.78, 5) is 22.3. The normalized spacial score (nSPS) is 29.0. The highest BCUT2D eigenvalue weighted by atomic mass is 16.7. The van der Waals surface area contributed by atoms with Crippen molar-refractivity contribution in [3.8, 4) is 5.75 Å². The number of aliphatic hydroxyl groups is 2. The predicted molar refractivity (Wildman–Crippen MR) is 84.6 cm³/mol. The minimum atomic E-state index is -1.45. The molecule has 1 aromatic carbocycles. The predicted octanol–water partition coefficient (Wildman–Crippen LogP) is -0.109. The van der Waals surface area contributed by atoms with Gasteiger partial charge in [0.05, 0.1) is 18.9 Å². The molecule has 2 rings (SSSR count). The number of hydrogen-bond donors (Lipinski definition) is 4. The summed E-state index contributed by atoms with van der Waals surface area (Å²) in [6.45, 7) is 1.54. The summed E-state index contributed by atoms with van der Waals surface area (Å²) in [5.74, 6) is -1.63. The van der Waals surface area contributed by atoms with E-state index in [1.165, 1.54) is 6.92 Å². The lowest BCUT2D eigenvalue weighted by Crippen LogP contribution is -2.59. The number of hydrogen-bond acceptors (Lipinski definition) is 8. The number of nitrogens with two attached hydrogens (primary N) is 1. The van der Waals surface area contributed by atoms with Gasteiger partial charge in [-0.1, -0.05) is 0 Å². The molecule has 138 valence electrons. The number of nitrogen functional groups attached to an aromatic ring is 1. The van der Waals surface area contributed by atoms with Crippen molar-refractivity contribution in [2.75, 3.05) is 5.73 Å². The Hall–Kier alpha value is -2.36. The number of esters is 1. The fourth-order valence-electron chi connectivity index (χ4n) is 2.32. The molecule has 9 nitrogen and oxygen atoms in total. The zero-order valence-corrected chi connectivity index (χ0v) is 13.6. The third kappa shape index (κ3) is 5.05. The molecule has 1 saturated heterocycles. The van der Waals surface area contributed by atoms with Gasteiger partial charge in [0.25, 0.3) is 0 Å². The van der Waals surface area contributed by atoms with Crippen LogP contribution in [0.4, 0.5) is 5.69 Å². The van der Waals surface area contributed by atoms with E-state index in [0.717, 1.165) is 0 Å². The van der Waals surface area contributed by atoms with Crippen molar-refractivity contribution in [1.29, 1.82) is 0 Å². The zero-order chi connectivity index (χ0) is 18.6. The molecule has 0 aromatic heterocycles. The van der Waals surface area contributed by atoms with Crippen LogP contribution < -0.4 is 10.5 Å². The van der Waals surface area contributed by atoms with Crippen LogP contribution in [-0.2, 0) is 19.1 Å². The van der Waals surface area contributed by atoms with Gasteiger partial charge in [-0.25, -0.2) is 0 Å². The Labute approximate surface area is 143 Å². The van der Waals surface area contributed by atoms with Crippen molar-refractivity contribution >= 4 is 17.6 Å². The van der Waals surface area contributed by atoms with Crippen molar-refractivity contribution < 1.29 is 39.1 Å². The Balaban J connectivity index is 2.10. The standard InChI is InChI=1S/C16H21NO8/c1-8-13(21)14(22)15(25-12(20)7-6-11(18)19)16(23-8)24-10-4-2-9(17)3-5-10/h2-5,8,13-16,21-22H,6-7,17H2,1H3,(H,18,19). The third-order valence-corrected chi connectivity index (χ3v) is 3.73. The minimum Gasteiger partial charge on any atom is -0.481 e. The van der Waals surface area contributed by atoms with Gasteiger partial charge in [0.2, 0.25) is 6.29 Å². The fourth-order valence-corrected chi connectivity index (χ4v) is 2.32. The highest BCUT2D eigenvalue weighted by Crippen LogP contribution is 2.27. The first kappa shape index (κ1) is 19.0. The number of aliphatic carboxylic acids is 1. The van der Waals surface area contributed by atoms with E-state index < -0.39 is 49.1 Å². The lowest BCUT2D eigenvalue weighted by Gasteiger charge is -2.40. The Morgan fingerprint density at radius 3 is 2.40 bits per heavy atom. The van der Waals surface area contributed by atoms with Gasteiger partial charge in [0, 0.05) is 5.69 Å². The van der Waals surface area contributed by atoms with Crippen LogP contribution in [0.25, 0.3) is 0 Å². The van der Waals surface area contributed by atoms with Crippen molar-refractivity contribution in [1.82, 2.24) is 0 Å². The van der Waals surface area contributed by atoms with E-state index in [4.69, 9.17) is 25.1 Å². The molecule has 5 unspecified atom stereocenters. The first-order valence-electron chi connectivity index (χ1n) is 7.73. The molecule has 25 heavy (non-hydrogen) atoms. The second kappa shape index (κ2) is 8.15. The van der Waals surface area contributed by atoms with E-state index in [9.17, 15) is 19.8 Å². The average molecular weight is 355 g/mol. The number of aliphatic hydroxyl groups excluding tert-OH is 2. The van der Waals surface area contributed by atoms with Gasteiger partial charge in [0.1, 0.15) is 18.0 Å². The number of rotatable bonds is 6. The first-order valence-corrected chi connectivity index (χ1v) is 7.73. The number of benzene rings is 1. The summed E-state index contributed by atoms with van der Waals surface area (Å²) in [5, 5.41) is 28.7. The van der Waals surface area contributed by atoms with Gasteiger partial charge in [-0.3, -0.25) is 9.59 Å². The van der Waals surface area contributed by atoms with Gasteiger partial charge < -0.3 is 35.3 Å². The van der Waals surface area contributed by atoms with Crippen molar-refractivity contribution in [2.45, 2.75) is 50.5 Å². The van der Waals surface area contributed by atoms with Gasteiger partial charge in [-0.2, -0.15) is 0 Å². The van der Waals surface area contributed by atoms with Gasteiger partial charge in [-0.05, 0) is 31.2 Å². The molecule has 0 spiro atoms. The van der Waals surface area contributed by atoms with Gasteiger partial charge >= 0.3 is 11.9 Å². The summed E-state index contributed by atoms with van der Waals surface area (Å²) in [6.07, 6.45) is -6.78. The van der Waals surface area contributed by atoms with Crippen LogP contribution in [0, 0.1) is 0 Å². The Morgan fingerprint density at radius 2 is 1.80 bits per heavy atom. The molecule has 1 aromatic rings. The smallest absolute Gasteiger partial charge is 0.306 e. The van der Waals surface area contributed by atoms with Crippen LogP contribution >= 0.6 is 0 Å².